The third-order valence-electron chi connectivity index (χ3n) is 5.21. The monoisotopic (exact) mass is 395 g/mol. The summed E-state index contributed by atoms with van der Waals surface area (Å²) in [5.41, 5.74) is 1.67. The van der Waals surface area contributed by atoms with Crippen molar-refractivity contribution in [3.05, 3.63) is 35.4 Å². The van der Waals surface area contributed by atoms with Crippen LogP contribution in [0, 0.1) is 5.92 Å². The first-order chi connectivity index (χ1) is 12.5. The van der Waals surface area contributed by atoms with E-state index in [1.54, 1.807) is 4.90 Å². The van der Waals surface area contributed by atoms with Crippen molar-refractivity contribution >= 4 is 30.3 Å². The molecule has 2 heterocycles. The van der Waals surface area contributed by atoms with Gasteiger partial charge in [0.15, 0.2) is 0 Å². The second-order valence-corrected chi connectivity index (χ2v) is 7.01. The maximum atomic E-state index is 12.3. The summed E-state index contributed by atoms with van der Waals surface area (Å²) in [7, 11) is 0. The van der Waals surface area contributed by atoms with Crippen molar-refractivity contribution in [1.82, 2.24) is 15.5 Å². The molecule has 2 aliphatic rings. The zero-order valence-electron chi connectivity index (χ0n) is 15.1. The lowest BCUT2D eigenvalue weighted by molar-refractivity contribution is -0.137. The number of aryl methyl sites for hydroxylation is 1. The predicted octanol–water partition coefficient (Wildman–Crippen LogP) is 2.11. The van der Waals surface area contributed by atoms with Crippen LogP contribution in [0.4, 0.5) is 4.79 Å². The number of urea groups is 1. The number of benzene rings is 1. The molecule has 1 aromatic rings. The molecule has 3 rings (SSSR count). The van der Waals surface area contributed by atoms with E-state index in [1.165, 1.54) is 0 Å². The van der Waals surface area contributed by atoms with Crippen molar-refractivity contribution < 1.29 is 19.5 Å². The van der Waals surface area contributed by atoms with Crippen LogP contribution in [-0.2, 0) is 16.0 Å². The predicted molar refractivity (Wildman–Crippen MR) is 103 cm³/mol. The van der Waals surface area contributed by atoms with Crippen molar-refractivity contribution in [3.63, 3.8) is 0 Å². The van der Waals surface area contributed by atoms with E-state index in [0.717, 1.165) is 43.5 Å². The molecule has 8 heteroatoms. The maximum absolute atomic E-state index is 12.3. The van der Waals surface area contributed by atoms with Gasteiger partial charge in [-0.1, -0.05) is 24.3 Å². The molecular formula is C19H26ClN3O4. The van der Waals surface area contributed by atoms with Crippen molar-refractivity contribution in [2.75, 3.05) is 19.6 Å². The van der Waals surface area contributed by atoms with E-state index in [9.17, 15) is 14.4 Å². The fraction of sp³-hybridized carbons (Fsp3) is 0.526. The smallest absolute Gasteiger partial charge is 0.325 e. The minimum atomic E-state index is -0.834. The fourth-order valence-electron chi connectivity index (χ4n) is 3.68. The molecule has 1 atom stereocenters. The summed E-state index contributed by atoms with van der Waals surface area (Å²) in [4.78, 5) is 36.8. The Labute approximate surface area is 164 Å². The molecule has 0 aliphatic carbocycles. The number of nitrogens with zero attached hydrogens (tertiary/aromatic N) is 1. The quantitative estimate of drug-likeness (QED) is 0.614. The summed E-state index contributed by atoms with van der Waals surface area (Å²) in [5, 5.41) is 14.5. The van der Waals surface area contributed by atoms with Gasteiger partial charge in [-0.05, 0) is 55.8 Å². The van der Waals surface area contributed by atoms with Crippen LogP contribution in [0.25, 0.3) is 0 Å². The Morgan fingerprint density at radius 3 is 2.44 bits per heavy atom. The molecule has 0 saturated carbocycles. The number of halogens is 1. The first-order valence-corrected chi connectivity index (χ1v) is 9.17. The Balaban J connectivity index is 0.00000261. The molecule has 0 radical (unpaired) electrons. The minimum Gasteiger partial charge on any atom is -0.481 e. The van der Waals surface area contributed by atoms with Crippen LogP contribution in [0.15, 0.2) is 24.3 Å². The van der Waals surface area contributed by atoms with Gasteiger partial charge in [0.1, 0.15) is 6.04 Å². The molecule has 1 unspecified atom stereocenters. The van der Waals surface area contributed by atoms with Crippen LogP contribution in [-0.4, -0.2) is 47.5 Å². The highest BCUT2D eigenvalue weighted by atomic mass is 35.5. The maximum Gasteiger partial charge on any atom is 0.325 e. The van der Waals surface area contributed by atoms with E-state index in [4.69, 9.17) is 5.11 Å². The first-order valence-electron chi connectivity index (χ1n) is 9.17. The van der Waals surface area contributed by atoms with Crippen molar-refractivity contribution in [2.24, 2.45) is 5.92 Å². The van der Waals surface area contributed by atoms with E-state index in [2.05, 4.69) is 10.6 Å². The number of carbonyl (C=O) groups excluding carboxylic acids is 2. The number of piperidine rings is 1. The highest BCUT2D eigenvalue weighted by molar-refractivity contribution is 6.04. The number of carboxylic acid groups (broad SMARTS) is 1. The standard InChI is InChI=1S/C19H25N3O4.ClH/c23-16(24)6-3-13-1-4-15(5-2-13)17-18(25)21-19(26)22(17)12-9-14-7-10-20-11-8-14;/h1-2,4-5,14,17,20H,3,6-12H2,(H,23,24)(H,21,25,26);1H. The molecule has 27 heavy (non-hydrogen) atoms. The lowest BCUT2D eigenvalue weighted by atomic mass is 9.94. The Hall–Kier alpha value is -2.12. The van der Waals surface area contributed by atoms with Gasteiger partial charge in [0, 0.05) is 13.0 Å². The average molecular weight is 396 g/mol. The van der Waals surface area contributed by atoms with Crippen molar-refractivity contribution in [3.8, 4) is 0 Å². The zero-order chi connectivity index (χ0) is 18.5. The minimum absolute atomic E-state index is 0. The molecule has 0 bridgehead atoms. The van der Waals surface area contributed by atoms with E-state index in [0.29, 0.717) is 18.9 Å². The van der Waals surface area contributed by atoms with Gasteiger partial charge in [0.2, 0.25) is 0 Å². The summed E-state index contributed by atoms with van der Waals surface area (Å²) in [6.45, 7) is 2.59. The number of carbonyl (C=O) groups is 3. The topological polar surface area (TPSA) is 98.7 Å². The third-order valence-corrected chi connectivity index (χ3v) is 5.21. The number of amides is 3. The van der Waals surface area contributed by atoms with Gasteiger partial charge in [-0.3, -0.25) is 14.9 Å². The summed E-state index contributed by atoms with van der Waals surface area (Å²) in [5.74, 6) is -0.545. The number of carboxylic acids is 1. The molecule has 3 N–H and O–H groups in total. The highest BCUT2D eigenvalue weighted by Gasteiger charge is 2.39. The van der Waals surface area contributed by atoms with Gasteiger partial charge < -0.3 is 15.3 Å². The summed E-state index contributed by atoms with van der Waals surface area (Å²) in [6.07, 6.45) is 3.63. The van der Waals surface area contributed by atoms with Gasteiger partial charge in [-0.2, -0.15) is 0 Å². The Kier molecular flexibility index (Phi) is 7.62. The van der Waals surface area contributed by atoms with E-state index in [1.807, 2.05) is 24.3 Å². The normalized spacial score (nSPS) is 20.3. The fourth-order valence-corrected chi connectivity index (χ4v) is 3.68. The number of hydrogen-bond acceptors (Lipinski definition) is 4. The lowest BCUT2D eigenvalue weighted by Gasteiger charge is -2.27. The SMILES string of the molecule is Cl.O=C(O)CCc1ccc(C2C(=O)NC(=O)N2CCC2CCNCC2)cc1. The number of hydrogen-bond donors (Lipinski definition) is 3. The van der Waals surface area contributed by atoms with Crippen LogP contribution < -0.4 is 10.6 Å². The lowest BCUT2D eigenvalue weighted by Crippen LogP contribution is -2.34. The van der Waals surface area contributed by atoms with E-state index < -0.39 is 12.0 Å². The molecule has 2 fully saturated rings. The van der Waals surface area contributed by atoms with Crippen molar-refractivity contribution in [1.29, 1.82) is 0 Å². The first kappa shape index (κ1) is 21.2. The number of imide groups is 1. The second kappa shape index (κ2) is 9.71. The molecule has 1 aromatic carbocycles. The molecule has 2 saturated heterocycles. The van der Waals surface area contributed by atoms with Crippen molar-refractivity contribution in [2.45, 2.75) is 38.1 Å². The van der Waals surface area contributed by atoms with Gasteiger partial charge in [0.05, 0.1) is 0 Å². The molecule has 3 amide bonds. The van der Waals surface area contributed by atoms with Gasteiger partial charge >= 0.3 is 12.0 Å². The molecular weight excluding hydrogens is 370 g/mol. The Bertz CT molecular complexity index is 674. The Morgan fingerprint density at radius 1 is 1.15 bits per heavy atom. The molecule has 7 nitrogen and oxygen atoms in total. The van der Waals surface area contributed by atoms with E-state index >= 15 is 0 Å². The van der Waals surface area contributed by atoms with Gasteiger partial charge in [0.25, 0.3) is 5.91 Å². The molecule has 0 spiro atoms. The molecule has 0 aromatic heterocycles. The third kappa shape index (κ3) is 5.43. The number of aliphatic carboxylic acids is 1. The highest BCUT2D eigenvalue weighted by Crippen LogP contribution is 2.28. The number of rotatable bonds is 7. The van der Waals surface area contributed by atoms with Crippen LogP contribution in [0.5, 0.6) is 0 Å². The van der Waals surface area contributed by atoms with Crippen LogP contribution in [0.1, 0.15) is 42.9 Å². The molecule has 2 aliphatic heterocycles. The van der Waals surface area contributed by atoms with Crippen LogP contribution >= 0.6 is 12.4 Å². The summed E-state index contributed by atoms with van der Waals surface area (Å²) >= 11 is 0. The largest absolute Gasteiger partial charge is 0.481 e. The summed E-state index contributed by atoms with van der Waals surface area (Å²) < 4.78 is 0. The van der Waals surface area contributed by atoms with Gasteiger partial charge in [-0.25, -0.2) is 4.79 Å². The van der Waals surface area contributed by atoms with Crippen LogP contribution in [0.2, 0.25) is 0 Å². The van der Waals surface area contributed by atoms with Gasteiger partial charge in [-0.15, -0.1) is 12.4 Å². The average Bonchev–Trinajstić information content (AvgIpc) is 2.92. The van der Waals surface area contributed by atoms with E-state index in [-0.39, 0.29) is 30.8 Å². The second-order valence-electron chi connectivity index (χ2n) is 7.01. The summed E-state index contributed by atoms with van der Waals surface area (Å²) in [6, 6.07) is 6.37. The number of nitrogens with one attached hydrogen (secondary N) is 2. The molecule has 148 valence electrons. The Morgan fingerprint density at radius 2 is 1.81 bits per heavy atom. The zero-order valence-corrected chi connectivity index (χ0v) is 16.0. The van der Waals surface area contributed by atoms with Crippen LogP contribution in [0.3, 0.4) is 0 Å².